The summed E-state index contributed by atoms with van der Waals surface area (Å²) < 4.78 is 0. The first-order chi connectivity index (χ1) is 6.90. The summed E-state index contributed by atoms with van der Waals surface area (Å²) in [5.41, 5.74) is 3.92. The number of hydrogen-bond donors (Lipinski definition) is 0. The van der Waals surface area contributed by atoms with Gasteiger partial charge in [-0.05, 0) is 29.2 Å². The summed E-state index contributed by atoms with van der Waals surface area (Å²) in [4.78, 5) is 0. The van der Waals surface area contributed by atoms with Gasteiger partial charge in [-0.15, -0.1) is 0 Å². The van der Waals surface area contributed by atoms with Crippen molar-refractivity contribution in [3.05, 3.63) is 60.2 Å². The number of aryl methyl sites for hydroxylation is 1. The second kappa shape index (κ2) is 4.10. The highest BCUT2D eigenvalue weighted by molar-refractivity contribution is 5.63. The maximum Gasteiger partial charge on any atom is -0.0184 e. The predicted molar refractivity (Wildman–Crippen MR) is 60.1 cm³/mol. The van der Waals surface area contributed by atoms with Gasteiger partial charge in [0, 0.05) is 0 Å². The topological polar surface area (TPSA) is 0 Å². The minimum absolute atomic E-state index is 1.10. The van der Waals surface area contributed by atoms with E-state index in [-0.39, 0.29) is 0 Å². The Morgan fingerprint density at radius 2 is 1.43 bits per heavy atom. The molecule has 0 atom stereocenters. The highest BCUT2D eigenvalue weighted by atomic mass is 14.0. The third kappa shape index (κ3) is 1.85. The van der Waals surface area contributed by atoms with E-state index in [1.165, 1.54) is 16.7 Å². The summed E-state index contributed by atoms with van der Waals surface area (Å²) in [6, 6.07) is 19.8. The molecule has 69 valence electrons. The summed E-state index contributed by atoms with van der Waals surface area (Å²) in [6.45, 7) is 2.17. The van der Waals surface area contributed by atoms with Gasteiger partial charge in [0.15, 0.2) is 0 Å². The maximum absolute atomic E-state index is 3.03. The molecule has 0 saturated heterocycles. The molecule has 14 heavy (non-hydrogen) atoms. The molecule has 0 bridgehead atoms. The van der Waals surface area contributed by atoms with Gasteiger partial charge >= 0.3 is 0 Å². The van der Waals surface area contributed by atoms with Gasteiger partial charge in [-0.1, -0.05) is 55.5 Å². The Kier molecular flexibility index (Phi) is 2.64. The van der Waals surface area contributed by atoms with E-state index in [9.17, 15) is 0 Å². The molecule has 0 amide bonds. The van der Waals surface area contributed by atoms with E-state index in [1.54, 1.807) is 0 Å². The average Bonchev–Trinajstić information content (AvgIpc) is 2.30. The van der Waals surface area contributed by atoms with Crippen LogP contribution in [0.15, 0.2) is 48.5 Å². The molecule has 0 aliphatic rings. The third-order valence-corrected chi connectivity index (χ3v) is 2.41. The molecule has 2 rings (SSSR count). The molecular weight excluding hydrogens is 168 g/mol. The minimum atomic E-state index is 1.10. The van der Waals surface area contributed by atoms with Gasteiger partial charge in [0.25, 0.3) is 0 Å². The van der Waals surface area contributed by atoms with Crippen LogP contribution in [0.5, 0.6) is 0 Å². The van der Waals surface area contributed by atoms with Crippen LogP contribution in [-0.4, -0.2) is 0 Å². The Hall–Kier alpha value is -1.56. The van der Waals surface area contributed by atoms with Crippen molar-refractivity contribution >= 4 is 0 Å². The average molecular weight is 181 g/mol. The lowest BCUT2D eigenvalue weighted by Gasteiger charge is -2.02. The fourth-order valence-electron chi connectivity index (χ4n) is 1.51. The molecule has 0 heterocycles. The Balaban J connectivity index is 2.34. The molecule has 0 fully saturated rings. The lowest BCUT2D eigenvalue weighted by molar-refractivity contribution is 1.14. The highest BCUT2D eigenvalue weighted by Gasteiger charge is 1.95. The summed E-state index contributed by atoms with van der Waals surface area (Å²) in [5.74, 6) is 0. The predicted octanol–water partition coefficient (Wildman–Crippen LogP) is 3.72. The van der Waals surface area contributed by atoms with Crippen LogP contribution in [-0.2, 0) is 6.42 Å². The van der Waals surface area contributed by atoms with Crippen LogP contribution in [0.25, 0.3) is 11.1 Å². The zero-order valence-electron chi connectivity index (χ0n) is 8.33. The van der Waals surface area contributed by atoms with E-state index < -0.39 is 0 Å². The Labute approximate surface area is 85.2 Å². The molecular formula is C14H13. The molecule has 2 aromatic carbocycles. The molecule has 0 aliphatic heterocycles. The van der Waals surface area contributed by atoms with E-state index in [2.05, 4.69) is 49.4 Å². The lowest BCUT2D eigenvalue weighted by Crippen LogP contribution is -1.80. The third-order valence-electron chi connectivity index (χ3n) is 2.41. The number of benzene rings is 2. The quantitative estimate of drug-likeness (QED) is 0.662. The molecule has 2 aromatic rings. The van der Waals surface area contributed by atoms with Gasteiger partial charge in [-0.2, -0.15) is 0 Å². The van der Waals surface area contributed by atoms with E-state index in [4.69, 9.17) is 0 Å². The molecule has 0 saturated carbocycles. The van der Waals surface area contributed by atoms with Gasteiger partial charge in [-0.3, -0.25) is 0 Å². The molecule has 0 unspecified atom stereocenters. The van der Waals surface area contributed by atoms with Crippen molar-refractivity contribution in [1.82, 2.24) is 0 Å². The van der Waals surface area contributed by atoms with Crippen molar-refractivity contribution in [2.24, 2.45) is 0 Å². The Morgan fingerprint density at radius 3 is 2.00 bits per heavy atom. The van der Waals surface area contributed by atoms with E-state index >= 15 is 0 Å². The molecule has 0 spiro atoms. The molecule has 0 nitrogen and oxygen atoms in total. The smallest absolute Gasteiger partial charge is 0.0184 e. The second-order valence-electron chi connectivity index (χ2n) is 3.34. The number of rotatable bonds is 2. The van der Waals surface area contributed by atoms with Crippen molar-refractivity contribution in [1.29, 1.82) is 0 Å². The Bertz CT molecular complexity index is 384. The maximum atomic E-state index is 3.03. The standard InChI is InChI=1S/C14H13/c1-2-12-8-10-14(11-9-12)13-6-4-3-5-7-13/h4-11H,2H2,1H3. The van der Waals surface area contributed by atoms with E-state index in [1.807, 2.05) is 12.1 Å². The van der Waals surface area contributed by atoms with Crippen molar-refractivity contribution in [2.45, 2.75) is 13.3 Å². The second-order valence-corrected chi connectivity index (χ2v) is 3.34. The first-order valence-corrected chi connectivity index (χ1v) is 4.95. The largest absolute Gasteiger partial charge is 0.0613 e. The molecule has 0 N–H and O–H groups in total. The summed E-state index contributed by atoms with van der Waals surface area (Å²) >= 11 is 0. The van der Waals surface area contributed by atoms with Crippen molar-refractivity contribution < 1.29 is 0 Å². The fraction of sp³-hybridized carbons (Fsp3) is 0.143. The first-order valence-electron chi connectivity index (χ1n) is 4.95. The van der Waals surface area contributed by atoms with Crippen LogP contribution >= 0.6 is 0 Å². The minimum Gasteiger partial charge on any atom is -0.0613 e. The molecule has 0 aliphatic carbocycles. The summed E-state index contributed by atoms with van der Waals surface area (Å²) in [6.07, 6.45) is 1.10. The van der Waals surface area contributed by atoms with Gasteiger partial charge < -0.3 is 0 Å². The Morgan fingerprint density at radius 1 is 0.857 bits per heavy atom. The first kappa shape index (κ1) is 9.01. The molecule has 1 radical (unpaired) electrons. The normalized spacial score (nSPS) is 10.1. The monoisotopic (exact) mass is 181 g/mol. The summed E-state index contributed by atoms with van der Waals surface area (Å²) in [7, 11) is 0. The van der Waals surface area contributed by atoms with Crippen molar-refractivity contribution in [3.63, 3.8) is 0 Å². The van der Waals surface area contributed by atoms with Gasteiger partial charge in [0.1, 0.15) is 0 Å². The zero-order valence-corrected chi connectivity index (χ0v) is 8.33. The lowest BCUT2D eigenvalue weighted by atomic mass is 10.0. The van der Waals surface area contributed by atoms with Crippen LogP contribution in [0.3, 0.4) is 0 Å². The van der Waals surface area contributed by atoms with Crippen molar-refractivity contribution in [3.8, 4) is 11.1 Å². The van der Waals surface area contributed by atoms with Crippen LogP contribution in [0, 0.1) is 6.07 Å². The SMILES string of the molecule is CCc1ccc(-c2cc[c]cc2)cc1. The summed E-state index contributed by atoms with van der Waals surface area (Å²) in [5, 5.41) is 0. The molecule has 0 heteroatoms. The fourth-order valence-corrected chi connectivity index (χ4v) is 1.51. The zero-order chi connectivity index (χ0) is 9.80. The number of hydrogen-bond acceptors (Lipinski definition) is 0. The van der Waals surface area contributed by atoms with Crippen LogP contribution < -0.4 is 0 Å². The van der Waals surface area contributed by atoms with Crippen LogP contribution in [0.1, 0.15) is 12.5 Å². The van der Waals surface area contributed by atoms with E-state index in [0.717, 1.165) is 6.42 Å². The van der Waals surface area contributed by atoms with E-state index in [0.29, 0.717) is 0 Å². The van der Waals surface area contributed by atoms with Gasteiger partial charge in [-0.25, -0.2) is 0 Å². The van der Waals surface area contributed by atoms with Gasteiger partial charge in [0.05, 0.1) is 0 Å². The van der Waals surface area contributed by atoms with Crippen molar-refractivity contribution in [2.75, 3.05) is 0 Å². The molecule has 0 aromatic heterocycles. The van der Waals surface area contributed by atoms with Crippen LogP contribution in [0.4, 0.5) is 0 Å². The highest BCUT2D eigenvalue weighted by Crippen LogP contribution is 2.18. The van der Waals surface area contributed by atoms with Gasteiger partial charge in [0.2, 0.25) is 0 Å². The van der Waals surface area contributed by atoms with Crippen LogP contribution in [0.2, 0.25) is 0 Å².